The second kappa shape index (κ2) is 7.31. The number of fused-ring (bicyclic) bond motifs is 2. The minimum absolute atomic E-state index is 0.110. The standard InChI is InChI=1S/C23H29Cl2N3O/c1-5-6-20-19(12-26-28(20)17-8-15(24)7-16(25)9-17)21(29)27-14-23(4)11-18(27)10-22(2,3)13-23/h7-9,12,18H,5-6,10-11,13-14H2,1-4H3. The molecule has 0 spiro atoms. The van der Waals surface area contributed by atoms with E-state index in [9.17, 15) is 4.79 Å². The highest BCUT2D eigenvalue weighted by molar-refractivity contribution is 6.34. The van der Waals surface area contributed by atoms with E-state index in [2.05, 4.69) is 37.7 Å². The molecular weight excluding hydrogens is 405 g/mol. The number of nitrogens with zero attached hydrogens (tertiary/aromatic N) is 3. The number of halogens is 2. The number of amides is 1. The van der Waals surface area contributed by atoms with Crippen molar-refractivity contribution in [3.05, 3.63) is 45.7 Å². The van der Waals surface area contributed by atoms with Gasteiger partial charge in [0.25, 0.3) is 5.91 Å². The van der Waals surface area contributed by atoms with Gasteiger partial charge in [0.15, 0.2) is 0 Å². The lowest BCUT2D eigenvalue weighted by molar-refractivity contribution is 0.0707. The average Bonchev–Trinajstić information content (AvgIpc) is 3.11. The van der Waals surface area contributed by atoms with Crippen molar-refractivity contribution in [1.29, 1.82) is 0 Å². The lowest BCUT2D eigenvalue weighted by Crippen LogP contribution is -2.38. The molecule has 0 N–H and O–H groups in total. The summed E-state index contributed by atoms with van der Waals surface area (Å²) in [6.07, 6.45) is 6.75. The minimum Gasteiger partial charge on any atom is -0.335 e. The van der Waals surface area contributed by atoms with Crippen LogP contribution in [0.3, 0.4) is 0 Å². The van der Waals surface area contributed by atoms with Gasteiger partial charge < -0.3 is 4.90 Å². The molecule has 2 heterocycles. The first kappa shape index (κ1) is 20.7. The van der Waals surface area contributed by atoms with E-state index >= 15 is 0 Å². The van der Waals surface area contributed by atoms with Crippen LogP contribution in [0, 0.1) is 10.8 Å². The Kier molecular flexibility index (Phi) is 5.23. The molecule has 2 aliphatic rings. The zero-order valence-electron chi connectivity index (χ0n) is 17.6. The van der Waals surface area contributed by atoms with Gasteiger partial charge in [-0.25, -0.2) is 4.68 Å². The van der Waals surface area contributed by atoms with Gasteiger partial charge in [-0.3, -0.25) is 4.79 Å². The van der Waals surface area contributed by atoms with Crippen LogP contribution in [0.4, 0.5) is 0 Å². The molecule has 6 heteroatoms. The molecule has 2 atom stereocenters. The highest BCUT2D eigenvalue weighted by Crippen LogP contribution is 2.52. The van der Waals surface area contributed by atoms with Crippen LogP contribution in [-0.2, 0) is 6.42 Å². The summed E-state index contributed by atoms with van der Waals surface area (Å²) in [6.45, 7) is 9.94. The lowest BCUT2D eigenvalue weighted by atomic mass is 9.65. The third kappa shape index (κ3) is 3.94. The molecule has 156 valence electrons. The van der Waals surface area contributed by atoms with Crippen molar-refractivity contribution in [2.45, 2.75) is 65.8 Å². The summed E-state index contributed by atoms with van der Waals surface area (Å²) in [7, 11) is 0. The Morgan fingerprint density at radius 2 is 1.86 bits per heavy atom. The Bertz CT molecular complexity index is 931. The zero-order chi connectivity index (χ0) is 21.0. The lowest BCUT2D eigenvalue weighted by Gasteiger charge is -2.39. The van der Waals surface area contributed by atoms with Gasteiger partial charge in [-0.05, 0) is 54.7 Å². The van der Waals surface area contributed by atoms with E-state index in [0.29, 0.717) is 21.7 Å². The quantitative estimate of drug-likeness (QED) is 0.577. The van der Waals surface area contributed by atoms with Gasteiger partial charge in [0.1, 0.15) is 0 Å². The fourth-order valence-corrected chi connectivity index (χ4v) is 6.28. The fraction of sp³-hybridized carbons (Fsp3) is 0.565. The van der Waals surface area contributed by atoms with Gasteiger partial charge in [-0.15, -0.1) is 0 Å². The monoisotopic (exact) mass is 433 g/mol. The number of aromatic nitrogens is 2. The molecule has 1 saturated carbocycles. The Morgan fingerprint density at radius 1 is 1.17 bits per heavy atom. The first-order valence-corrected chi connectivity index (χ1v) is 11.2. The van der Waals surface area contributed by atoms with Crippen LogP contribution in [0.2, 0.25) is 10.0 Å². The number of carbonyl (C=O) groups is 1. The largest absolute Gasteiger partial charge is 0.335 e. The summed E-state index contributed by atoms with van der Waals surface area (Å²) < 4.78 is 1.82. The molecule has 1 aliphatic heterocycles. The van der Waals surface area contributed by atoms with Crippen LogP contribution >= 0.6 is 23.2 Å². The highest BCUT2D eigenvalue weighted by atomic mass is 35.5. The van der Waals surface area contributed by atoms with E-state index in [1.807, 2.05) is 16.8 Å². The van der Waals surface area contributed by atoms with E-state index in [4.69, 9.17) is 23.2 Å². The third-order valence-corrected chi connectivity index (χ3v) is 6.79. The molecule has 1 aromatic heterocycles. The smallest absolute Gasteiger partial charge is 0.257 e. The van der Waals surface area contributed by atoms with Crippen LogP contribution in [0.5, 0.6) is 0 Å². The number of carbonyl (C=O) groups excluding carboxylic acids is 1. The molecule has 2 fully saturated rings. The molecule has 1 amide bonds. The third-order valence-electron chi connectivity index (χ3n) is 6.35. The number of hydrogen-bond acceptors (Lipinski definition) is 2. The van der Waals surface area contributed by atoms with Crippen molar-refractivity contribution in [3.8, 4) is 5.69 Å². The Morgan fingerprint density at radius 3 is 2.52 bits per heavy atom. The second-order valence-corrected chi connectivity index (χ2v) is 10.8. The molecule has 1 aromatic carbocycles. The maximum atomic E-state index is 13.6. The van der Waals surface area contributed by atoms with Crippen molar-refractivity contribution < 1.29 is 4.79 Å². The fourth-order valence-electron chi connectivity index (χ4n) is 5.77. The first-order valence-electron chi connectivity index (χ1n) is 10.5. The van der Waals surface area contributed by atoms with Crippen LogP contribution in [0.25, 0.3) is 5.69 Å². The van der Waals surface area contributed by atoms with E-state index in [1.165, 1.54) is 6.42 Å². The van der Waals surface area contributed by atoms with Crippen LogP contribution in [-0.4, -0.2) is 33.2 Å². The van der Waals surface area contributed by atoms with E-state index in [1.54, 1.807) is 12.3 Å². The molecule has 2 aromatic rings. The molecule has 4 rings (SSSR count). The Labute approximate surface area is 183 Å². The molecule has 1 aliphatic carbocycles. The summed E-state index contributed by atoms with van der Waals surface area (Å²) in [5.74, 6) is 0.110. The van der Waals surface area contributed by atoms with E-state index in [0.717, 1.165) is 43.6 Å². The SMILES string of the molecule is CCCc1c(C(=O)N2CC3(C)CC2CC(C)(C)C3)cnn1-c1cc(Cl)cc(Cl)c1. The van der Waals surface area contributed by atoms with Gasteiger partial charge in [-0.2, -0.15) is 5.10 Å². The van der Waals surface area contributed by atoms with Gasteiger partial charge >= 0.3 is 0 Å². The predicted molar refractivity (Wildman–Crippen MR) is 118 cm³/mol. The zero-order valence-corrected chi connectivity index (χ0v) is 19.1. The number of rotatable bonds is 4. The maximum absolute atomic E-state index is 13.6. The van der Waals surface area contributed by atoms with Crippen molar-refractivity contribution in [2.24, 2.45) is 10.8 Å². The van der Waals surface area contributed by atoms with Crippen LogP contribution in [0.1, 0.15) is 69.4 Å². The van der Waals surface area contributed by atoms with Gasteiger partial charge in [0.2, 0.25) is 0 Å². The summed E-state index contributed by atoms with van der Waals surface area (Å²) in [4.78, 5) is 15.7. The van der Waals surface area contributed by atoms with Crippen LogP contribution in [0.15, 0.2) is 24.4 Å². The van der Waals surface area contributed by atoms with Crippen molar-refractivity contribution in [1.82, 2.24) is 14.7 Å². The number of hydrogen-bond donors (Lipinski definition) is 0. The summed E-state index contributed by atoms with van der Waals surface area (Å²) >= 11 is 12.4. The molecule has 2 bridgehead atoms. The van der Waals surface area contributed by atoms with Crippen LogP contribution < -0.4 is 0 Å². The van der Waals surface area contributed by atoms with Crippen molar-refractivity contribution in [2.75, 3.05) is 6.54 Å². The van der Waals surface area contributed by atoms with Crippen molar-refractivity contribution >= 4 is 29.1 Å². The molecular formula is C23H29Cl2N3O. The predicted octanol–water partition coefficient (Wildman–Crippen LogP) is 6.17. The number of likely N-dealkylation sites (tertiary alicyclic amines) is 1. The van der Waals surface area contributed by atoms with E-state index < -0.39 is 0 Å². The Hall–Kier alpha value is -1.52. The highest BCUT2D eigenvalue weighted by Gasteiger charge is 2.51. The summed E-state index contributed by atoms with van der Waals surface area (Å²) in [5.41, 5.74) is 2.92. The van der Waals surface area contributed by atoms with Gasteiger partial charge in [0.05, 0.1) is 23.1 Å². The molecule has 4 nitrogen and oxygen atoms in total. The van der Waals surface area contributed by atoms with Gasteiger partial charge in [0, 0.05) is 22.6 Å². The topological polar surface area (TPSA) is 38.1 Å². The minimum atomic E-state index is 0.110. The van der Waals surface area contributed by atoms with Gasteiger partial charge in [-0.1, -0.05) is 57.3 Å². The van der Waals surface area contributed by atoms with E-state index in [-0.39, 0.29) is 16.7 Å². The normalized spacial score (nSPS) is 25.4. The molecule has 0 radical (unpaired) electrons. The molecule has 2 unspecified atom stereocenters. The average molecular weight is 434 g/mol. The summed E-state index contributed by atoms with van der Waals surface area (Å²) in [5, 5.41) is 5.68. The summed E-state index contributed by atoms with van der Waals surface area (Å²) in [6, 6.07) is 5.68. The Balaban J connectivity index is 1.70. The molecule has 29 heavy (non-hydrogen) atoms. The second-order valence-electron chi connectivity index (χ2n) is 9.94. The molecule has 1 saturated heterocycles. The number of benzene rings is 1. The van der Waals surface area contributed by atoms with Crippen molar-refractivity contribution in [3.63, 3.8) is 0 Å². The first-order chi connectivity index (χ1) is 13.6. The maximum Gasteiger partial charge on any atom is 0.257 e.